The summed E-state index contributed by atoms with van der Waals surface area (Å²) in [7, 11) is 0. The van der Waals surface area contributed by atoms with Gasteiger partial charge in [0.15, 0.2) is 5.82 Å². The van der Waals surface area contributed by atoms with Crippen LogP contribution in [-0.2, 0) is 0 Å². The molecule has 220 valence electrons. The molecule has 1 aromatic carbocycles. The van der Waals surface area contributed by atoms with Gasteiger partial charge >= 0.3 is 6.01 Å². The molecule has 6 heterocycles. The van der Waals surface area contributed by atoms with E-state index in [2.05, 4.69) is 30.5 Å². The van der Waals surface area contributed by atoms with Gasteiger partial charge in [-0.1, -0.05) is 23.7 Å². The lowest BCUT2D eigenvalue weighted by molar-refractivity contribution is 0.107. The van der Waals surface area contributed by atoms with Gasteiger partial charge in [-0.25, -0.2) is 13.8 Å². The molecule has 3 aromatic heterocycles. The van der Waals surface area contributed by atoms with Crippen molar-refractivity contribution in [3.63, 3.8) is 0 Å². The fourth-order valence-electron chi connectivity index (χ4n) is 6.54. The van der Waals surface area contributed by atoms with E-state index in [-0.39, 0.29) is 35.8 Å². The smallest absolute Gasteiger partial charge is 0.319 e. The van der Waals surface area contributed by atoms with Gasteiger partial charge in [0.2, 0.25) is 5.88 Å². The maximum Gasteiger partial charge on any atom is 0.319 e. The van der Waals surface area contributed by atoms with Gasteiger partial charge in [0.1, 0.15) is 35.2 Å². The second kappa shape index (κ2) is 11.0. The fourth-order valence-corrected chi connectivity index (χ4v) is 6.83. The molecule has 3 aliphatic rings. The van der Waals surface area contributed by atoms with Gasteiger partial charge < -0.3 is 20.1 Å². The molecular weight excluding hydrogens is 564 g/mol. The lowest BCUT2D eigenvalue weighted by atomic mass is 9.95. The van der Waals surface area contributed by atoms with Crippen LogP contribution < -0.4 is 20.1 Å². The number of rotatable bonds is 4. The van der Waals surface area contributed by atoms with Gasteiger partial charge in [-0.05, 0) is 45.3 Å². The number of alkyl halides is 1. The van der Waals surface area contributed by atoms with E-state index in [1.54, 1.807) is 18.5 Å². The first-order valence-electron chi connectivity index (χ1n) is 14.5. The highest BCUT2D eigenvalue weighted by atomic mass is 35.5. The number of aromatic nitrogens is 4. The molecule has 2 fully saturated rings. The Morgan fingerprint density at radius 1 is 1.17 bits per heavy atom. The number of anilines is 1. The zero-order valence-corrected chi connectivity index (χ0v) is 24.1. The molecule has 7 rings (SSSR count). The molecule has 3 atom stereocenters. The first-order valence-corrected chi connectivity index (χ1v) is 14.9. The molecule has 0 radical (unpaired) electrons. The number of ether oxygens (including phenoxy) is 2. The molecular formula is C30H32ClF2N7O2. The number of nitrogens with one attached hydrogen (secondary N) is 2. The van der Waals surface area contributed by atoms with Gasteiger partial charge in [0.05, 0.1) is 11.6 Å². The summed E-state index contributed by atoms with van der Waals surface area (Å²) in [5.74, 6) is -0.0816. The second-order valence-corrected chi connectivity index (χ2v) is 11.8. The molecule has 0 aliphatic carbocycles. The molecule has 9 nitrogen and oxygen atoms in total. The highest BCUT2D eigenvalue weighted by Gasteiger charge is 2.49. The maximum absolute atomic E-state index is 16.7. The highest BCUT2D eigenvalue weighted by Crippen LogP contribution is 2.42. The van der Waals surface area contributed by atoms with Crippen molar-refractivity contribution in [1.29, 1.82) is 0 Å². The summed E-state index contributed by atoms with van der Waals surface area (Å²) >= 11 is 6.60. The largest absolute Gasteiger partial charge is 0.474 e. The second-order valence-electron chi connectivity index (χ2n) is 11.4. The first kappa shape index (κ1) is 27.4. The number of fused-ring (bicyclic) bond motifs is 2. The zero-order valence-electron chi connectivity index (χ0n) is 23.3. The zero-order chi connectivity index (χ0) is 28.8. The van der Waals surface area contributed by atoms with Crippen molar-refractivity contribution in [1.82, 2.24) is 30.2 Å². The quantitative estimate of drug-likeness (QED) is 0.331. The first-order chi connectivity index (χ1) is 20.4. The Bertz CT molecular complexity index is 1650. The highest BCUT2D eigenvalue weighted by molar-refractivity contribution is 6.36. The minimum Gasteiger partial charge on any atom is -0.474 e. The van der Waals surface area contributed by atoms with Crippen molar-refractivity contribution in [2.75, 3.05) is 44.6 Å². The molecule has 0 saturated carbocycles. The van der Waals surface area contributed by atoms with E-state index >= 15 is 4.39 Å². The molecule has 2 saturated heterocycles. The van der Waals surface area contributed by atoms with Crippen molar-refractivity contribution in [2.24, 2.45) is 0 Å². The topological polar surface area (TPSA) is 97.3 Å². The summed E-state index contributed by atoms with van der Waals surface area (Å²) < 4.78 is 43.6. The van der Waals surface area contributed by atoms with E-state index in [4.69, 9.17) is 26.1 Å². The predicted octanol–water partition coefficient (Wildman–Crippen LogP) is 5.16. The normalized spacial score (nSPS) is 24.7. The average Bonchev–Trinajstić information content (AvgIpc) is 3.49. The van der Waals surface area contributed by atoms with Crippen LogP contribution in [0.1, 0.15) is 32.6 Å². The van der Waals surface area contributed by atoms with Crippen molar-refractivity contribution in [3.8, 4) is 23.1 Å². The van der Waals surface area contributed by atoms with Crippen LogP contribution in [0.4, 0.5) is 14.6 Å². The van der Waals surface area contributed by atoms with Gasteiger partial charge in [-0.3, -0.25) is 9.88 Å². The molecule has 0 spiro atoms. The van der Waals surface area contributed by atoms with Crippen LogP contribution >= 0.6 is 11.6 Å². The van der Waals surface area contributed by atoms with Gasteiger partial charge in [0.25, 0.3) is 0 Å². The van der Waals surface area contributed by atoms with Crippen LogP contribution in [0.2, 0.25) is 5.02 Å². The predicted molar refractivity (Wildman–Crippen MR) is 158 cm³/mol. The van der Waals surface area contributed by atoms with Crippen LogP contribution in [0.15, 0.2) is 30.6 Å². The molecule has 12 heteroatoms. The summed E-state index contributed by atoms with van der Waals surface area (Å²) in [4.78, 5) is 20.4. The van der Waals surface area contributed by atoms with Crippen LogP contribution in [0.25, 0.3) is 32.9 Å². The van der Waals surface area contributed by atoms with E-state index in [1.807, 2.05) is 19.1 Å². The van der Waals surface area contributed by atoms with Crippen LogP contribution in [-0.4, -0.2) is 82.0 Å². The van der Waals surface area contributed by atoms with Gasteiger partial charge in [0, 0.05) is 59.8 Å². The monoisotopic (exact) mass is 595 g/mol. The Hall–Kier alpha value is -3.41. The Morgan fingerprint density at radius 2 is 2.07 bits per heavy atom. The summed E-state index contributed by atoms with van der Waals surface area (Å²) in [6, 6.07) is 5.45. The van der Waals surface area contributed by atoms with Crippen LogP contribution in [0.5, 0.6) is 11.9 Å². The Morgan fingerprint density at radius 3 is 2.98 bits per heavy atom. The van der Waals surface area contributed by atoms with Crippen molar-refractivity contribution in [3.05, 3.63) is 41.4 Å². The SMILES string of the molecule is C[C@H]1CCNCCNc2nc(OC[C@@]34CCCN3C[C@H](F)C4)nc3c(F)c(-c4cncc5cccc(Cl)c45)nc(c23)O1. The summed E-state index contributed by atoms with van der Waals surface area (Å²) in [6.07, 6.45) is 5.08. The van der Waals surface area contributed by atoms with Gasteiger partial charge in [-0.15, -0.1) is 0 Å². The molecule has 0 amide bonds. The van der Waals surface area contributed by atoms with Crippen molar-refractivity contribution < 1.29 is 18.3 Å². The Balaban J connectivity index is 1.39. The average molecular weight is 596 g/mol. The van der Waals surface area contributed by atoms with Crippen LogP contribution in [0.3, 0.4) is 0 Å². The lowest BCUT2D eigenvalue weighted by Gasteiger charge is -2.30. The minimum atomic E-state index is -0.889. The molecule has 0 bridgehead atoms. The van der Waals surface area contributed by atoms with Crippen molar-refractivity contribution >= 4 is 39.1 Å². The Kier molecular flexibility index (Phi) is 7.19. The van der Waals surface area contributed by atoms with E-state index in [0.717, 1.165) is 37.7 Å². The van der Waals surface area contributed by atoms with E-state index in [1.165, 1.54) is 0 Å². The summed E-state index contributed by atoms with van der Waals surface area (Å²) in [6.45, 7) is 5.37. The minimum absolute atomic E-state index is 0.0143. The van der Waals surface area contributed by atoms with Crippen molar-refractivity contribution in [2.45, 2.75) is 50.4 Å². The summed E-state index contributed by atoms with van der Waals surface area (Å²) in [5.41, 5.74) is 0.0695. The molecule has 0 unspecified atom stereocenters. The third-order valence-corrected chi connectivity index (χ3v) is 8.90. The number of halogens is 3. The number of pyridine rings is 2. The standard InChI is InChI=1S/C30H32ClF2N7O2/c1-17-6-8-34-9-10-36-27-23-26(38-29(39-27)41-16-30-7-3-11-40(30)15-19(32)12-30)24(33)25(37-28(23)42-17)20-14-35-13-18-4-2-5-21(31)22(18)20/h2,4-5,13-14,17,19,34H,3,6-12,15-16H2,1H3,(H,36,38,39)/t17-,19+,30-/m0/s1. The third kappa shape index (κ3) is 4.87. The third-order valence-electron chi connectivity index (χ3n) is 8.58. The number of hydrogen-bond donors (Lipinski definition) is 2. The fraction of sp³-hybridized carbons (Fsp3) is 0.467. The Labute approximate surface area is 247 Å². The molecule has 2 N–H and O–H groups in total. The molecule has 3 aliphatic heterocycles. The maximum atomic E-state index is 16.7. The molecule has 4 aromatic rings. The van der Waals surface area contributed by atoms with Gasteiger partial charge in [-0.2, -0.15) is 9.97 Å². The number of nitrogens with zero attached hydrogens (tertiary/aromatic N) is 5. The summed E-state index contributed by atoms with van der Waals surface area (Å²) in [5, 5.41) is 8.86. The molecule has 42 heavy (non-hydrogen) atoms. The lowest BCUT2D eigenvalue weighted by Crippen LogP contribution is -2.43. The van der Waals surface area contributed by atoms with Crippen LogP contribution in [0, 0.1) is 5.82 Å². The number of hydrogen-bond acceptors (Lipinski definition) is 9. The van der Waals surface area contributed by atoms with E-state index < -0.39 is 17.5 Å². The van der Waals surface area contributed by atoms with E-state index in [9.17, 15) is 4.39 Å². The number of benzene rings is 1. The van der Waals surface area contributed by atoms with E-state index in [0.29, 0.717) is 53.2 Å².